The van der Waals surface area contributed by atoms with Crippen LogP contribution in [0.25, 0.3) is 0 Å². The number of rotatable bonds is 5. The number of para-hydroxylation sites is 2. The van der Waals surface area contributed by atoms with Gasteiger partial charge >= 0.3 is 0 Å². The number of anilines is 1. The van der Waals surface area contributed by atoms with E-state index in [4.69, 9.17) is 4.74 Å². The fraction of sp³-hybridized carbons (Fsp3) is 0.353. The highest BCUT2D eigenvalue weighted by Gasteiger charge is 2.25. The van der Waals surface area contributed by atoms with E-state index in [0.29, 0.717) is 18.8 Å². The van der Waals surface area contributed by atoms with Gasteiger partial charge in [0.15, 0.2) is 6.61 Å². The van der Waals surface area contributed by atoms with E-state index >= 15 is 0 Å². The zero-order valence-electron chi connectivity index (χ0n) is 13.8. The molecule has 1 aromatic heterocycles. The van der Waals surface area contributed by atoms with Crippen LogP contribution < -0.4 is 9.64 Å². The summed E-state index contributed by atoms with van der Waals surface area (Å²) in [6.45, 7) is 0.854. The van der Waals surface area contributed by atoms with Crippen LogP contribution in [0.3, 0.4) is 0 Å². The fourth-order valence-corrected chi connectivity index (χ4v) is 2.71. The molecule has 1 aromatic carbocycles. The van der Waals surface area contributed by atoms with E-state index < -0.39 is 0 Å². The summed E-state index contributed by atoms with van der Waals surface area (Å²) in [5.74, 6) is 0.528. The van der Waals surface area contributed by atoms with Gasteiger partial charge in [-0.2, -0.15) is 5.10 Å². The lowest BCUT2D eigenvalue weighted by Crippen LogP contribution is -2.41. The molecular weight excluding hydrogens is 308 g/mol. The van der Waals surface area contributed by atoms with Crippen LogP contribution in [0.15, 0.2) is 36.7 Å². The highest BCUT2D eigenvalue weighted by atomic mass is 16.5. The van der Waals surface area contributed by atoms with Crippen molar-refractivity contribution in [2.24, 2.45) is 7.05 Å². The minimum absolute atomic E-state index is 0.0106. The van der Waals surface area contributed by atoms with Crippen molar-refractivity contribution in [2.45, 2.75) is 13.0 Å². The van der Waals surface area contributed by atoms with Crippen LogP contribution in [0, 0.1) is 0 Å². The lowest BCUT2D eigenvalue weighted by atomic mass is 10.2. The van der Waals surface area contributed by atoms with Crippen LogP contribution in [0.5, 0.6) is 5.75 Å². The van der Waals surface area contributed by atoms with Crippen molar-refractivity contribution in [3.63, 3.8) is 0 Å². The fourth-order valence-electron chi connectivity index (χ4n) is 2.71. The van der Waals surface area contributed by atoms with Gasteiger partial charge in [-0.25, -0.2) is 0 Å². The van der Waals surface area contributed by atoms with Crippen molar-refractivity contribution in [1.29, 1.82) is 0 Å². The lowest BCUT2D eigenvalue weighted by Gasteiger charge is -2.29. The predicted octanol–water partition coefficient (Wildman–Crippen LogP) is 1.19. The van der Waals surface area contributed by atoms with Crippen LogP contribution in [0.2, 0.25) is 0 Å². The molecule has 1 aliphatic rings. The van der Waals surface area contributed by atoms with Gasteiger partial charge in [0.2, 0.25) is 5.91 Å². The summed E-state index contributed by atoms with van der Waals surface area (Å²) in [5, 5.41) is 4.10. The van der Waals surface area contributed by atoms with Gasteiger partial charge in [-0.15, -0.1) is 0 Å². The van der Waals surface area contributed by atoms with Gasteiger partial charge in [0.05, 0.1) is 11.9 Å². The first-order chi connectivity index (χ1) is 11.5. The number of carbonyl (C=O) groups excluding carboxylic acids is 2. The molecule has 2 heterocycles. The van der Waals surface area contributed by atoms with E-state index in [0.717, 1.165) is 11.3 Å². The third kappa shape index (κ3) is 3.40. The van der Waals surface area contributed by atoms with Gasteiger partial charge in [-0.05, 0) is 12.1 Å². The van der Waals surface area contributed by atoms with Crippen molar-refractivity contribution in [1.82, 2.24) is 14.7 Å². The average Bonchev–Trinajstić information content (AvgIpc) is 2.98. The number of amides is 2. The van der Waals surface area contributed by atoms with Crippen molar-refractivity contribution < 1.29 is 14.3 Å². The van der Waals surface area contributed by atoms with Crippen molar-refractivity contribution in [2.75, 3.05) is 25.1 Å². The van der Waals surface area contributed by atoms with E-state index in [2.05, 4.69) is 5.10 Å². The second-order valence-electron chi connectivity index (χ2n) is 5.82. The maximum atomic E-state index is 12.3. The number of aryl methyl sites for hydroxylation is 1. The molecule has 0 saturated carbocycles. The molecule has 3 rings (SSSR count). The number of hydrogen-bond acceptors (Lipinski definition) is 4. The van der Waals surface area contributed by atoms with Crippen LogP contribution in [-0.4, -0.2) is 46.7 Å². The molecule has 7 nitrogen and oxygen atoms in total. The maximum Gasteiger partial charge on any atom is 0.265 e. The second-order valence-corrected chi connectivity index (χ2v) is 5.82. The summed E-state index contributed by atoms with van der Waals surface area (Å²) in [6.07, 6.45) is 3.88. The molecule has 24 heavy (non-hydrogen) atoms. The third-order valence-corrected chi connectivity index (χ3v) is 3.96. The molecule has 1 aliphatic heterocycles. The molecular formula is C17H20N4O3. The molecule has 0 saturated heterocycles. The number of benzene rings is 1. The number of fused-ring (bicyclic) bond motifs is 1. The minimum atomic E-state index is -0.128. The van der Waals surface area contributed by atoms with Gasteiger partial charge < -0.3 is 14.5 Å². The Morgan fingerprint density at radius 1 is 1.38 bits per heavy atom. The predicted molar refractivity (Wildman–Crippen MR) is 88.6 cm³/mol. The van der Waals surface area contributed by atoms with Crippen LogP contribution in [-0.2, 0) is 23.2 Å². The first-order valence-electron chi connectivity index (χ1n) is 7.78. The molecule has 0 N–H and O–H groups in total. The third-order valence-electron chi connectivity index (χ3n) is 3.96. The Kier molecular flexibility index (Phi) is 4.50. The normalized spacial score (nSPS) is 13.4. The van der Waals surface area contributed by atoms with Gasteiger partial charge in [-0.1, -0.05) is 12.1 Å². The Balaban J connectivity index is 1.60. The number of nitrogens with zero attached hydrogens (tertiary/aromatic N) is 4. The molecule has 0 aliphatic carbocycles. The Morgan fingerprint density at radius 3 is 2.92 bits per heavy atom. The van der Waals surface area contributed by atoms with E-state index in [-0.39, 0.29) is 24.8 Å². The quantitative estimate of drug-likeness (QED) is 0.827. The smallest absolute Gasteiger partial charge is 0.265 e. The number of hydrogen-bond donors (Lipinski definition) is 0. The van der Waals surface area contributed by atoms with E-state index in [1.807, 2.05) is 37.5 Å². The average molecular weight is 328 g/mol. The number of ether oxygens (including phenoxy) is 1. The van der Waals surface area contributed by atoms with Crippen molar-refractivity contribution in [3.8, 4) is 5.75 Å². The van der Waals surface area contributed by atoms with Crippen LogP contribution >= 0.6 is 0 Å². The zero-order chi connectivity index (χ0) is 17.1. The second kappa shape index (κ2) is 6.74. The molecule has 0 spiro atoms. The SMILES string of the molecule is CN(Cc1cnn(C)c1)C(=O)CCN1C(=O)COc2ccccc21. The number of carbonyl (C=O) groups is 2. The number of aromatic nitrogens is 2. The summed E-state index contributed by atoms with van der Waals surface area (Å²) in [6, 6.07) is 7.37. The summed E-state index contributed by atoms with van der Waals surface area (Å²) in [4.78, 5) is 27.7. The van der Waals surface area contributed by atoms with Crippen LogP contribution in [0.4, 0.5) is 5.69 Å². The molecule has 0 fully saturated rings. The van der Waals surface area contributed by atoms with Crippen molar-refractivity contribution in [3.05, 3.63) is 42.2 Å². The van der Waals surface area contributed by atoms with Gasteiger partial charge in [-0.3, -0.25) is 14.3 Å². The monoisotopic (exact) mass is 328 g/mol. The summed E-state index contributed by atoms with van der Waals surface area (Å²) < 4.78 is 7.11. The summed E-state index contributed by atoms with van der Waals surface area (Å²) >= 11 is 0. The summed E-state index contributed by atoms with van der Waals surface area (Å²) in [5.41, 5.74) is 1.69. The molecule has 0 atom stereocenters. The Bertz CT molecular complexity index is 756. The largest absolute Gasteiger partial charge is 0.482 e. The molecule has 0 unspecified atom stereocenters. The van der Waals surface area contributed by atoms with Gasteiger partial charge in [0, 0.05) is 45.4 Å². The van der Waals surface area contributed by atoms with Gasteiger partial charge in [0.25, 0.3) is 5.91 Å². The molecule has 2 amide bonds. The Morgan fingerprint density at radius 2 is 2.17 bits per heavy atom. The standard InChI is InChI=1S/C17H20N4O3/c1-19(10-13-9-18-20(2)11-13)16(22)7-8-21-14-5-3-4-6-15(14)24-12-17(21)23/h3-6,9,11H,7-8,10,12H2,1-2H3. The molecule has 0 radical (unpaired) electrons. The first kappa shape index (κ1) is 16.0. The van der Waals surface area contributed by atoms with E-state index in [9.17, 15) is 9.59 Å². The highest BCUT2D eigenvalue weighted by molar-refractivity contribution is 5.98. The van der Waals surface area contributed by atoms with Gasteiger partial charge in [0.1, 0.15) is 5.75 Å². The van der Waals surface area contributed by atoms with Crippen molar-refractivity contribution >= 4 is 17.5 Å². The molecule has 0 bridgehead atoms. The first-order valence-corrected chi connectivity index (χ1v) is 7.78. The van der Waals surface area contributed by atoms with Crippen LogP contribution in [0.1, 0.15) is 12.0 Å². The molecule has 126 valence electrons. The Hall–Kier alpha value is -2.83. The minimum Gasteiger partial charge on any atom is -0.482 e. The topological polar surface area (TPSA) is 67.7 Å². The Labute approximate surface area is 140 Å². The molecule has 2 aromatic rings. The molecule has 7 heteroatoms. The highest BCUT2D eigenvalue weighted by Crippen LogP contribution is 2.31. The maximum absolute atomic E-state index is 12.3. The lowest BCUT2D eigenvalue weighted by molar-refractivity contribution is -0.130. The van der Waals surface area contributed by atoms with E-state index in [1.54, 1.807) is 27.7 Å². The van der Waals surface area contributed by atoms with E-state index in [1.165, 1.54) is 0 Å². The zero-order valence-corrected chi connectivity index (χ0v) is 13.8. The summed E-state index contributed by atoms with van der Waals surface area (Å²) in [7, 11) is 3.59.